The summed E-state index contributed by atoms with van der Waals surface area (Å²) in [4.78, 5) is 30.6. The van der Waals surface area contributed by atoms with Crippen LogP contribution < -0.4 is 15.9 Å². The fourth-order valence-electron chi connectivity index (χ4n) is 5.38. The molecule has 2 heterocycles. The number of nitrogens with zero attached hydrogens (tertiary/aromatic N) is 2. The minimum Gasteiger partial charge on any atom is -0.467 e. The zero-order valence-electron chi connectivity index (χ0n) is 21.9. The number of anilines is 3. The summed E-state index contributed by atoms with van der Waals surface area (Å²) in [6.07, 6.45) is 7.93. The molecule has 5 rings (SSSR count). The van der Waals surface area contributed by atoms with Crippen molar-refractivity contribution in [2.45, 2.75) is 58.5 Å². The smallest absolute Gasteiger partial charge is 0.326 e. The summed E-state index contributed by atoms with van der Waals surface area (Å²) in [7, 11) is 0. The maximum absolute atomic E-state index is 13.1. The van der Waals surface area contributed by atoms with Gasteiger partial charge in [-0.3, -0.25) is 9.36 Å². The van der Waals surface area contributed by atoms with Crippen molar-refractivity contribution < 1.29 is 13.9 Å². The number of esters is 1. The van der Waals surface area contributed by atoms with Crippen molar-refractivity contribution in [2.75, 3.05) is 23.4 Å². The van der Waals surface area contributed by atoms with Crippen LogP contribution in [0.2, 0.25) is 0 Å². The first kappa shape index (κ1) is 25.7. The van der Waals surface area contributed by atoms with Gasteiger partial charge in [-0.1, -0.05) is 37.5 Å². The van der Waals surface area contributed by atoms with Gasteiger partial charge in [0, 0.05) is 18.8 Å². The number of para-hydroxylation sites is 1. The number of carbonyl (C=O) groups is 1. The highest BCUT2D eigenvalue weighted by Crippen LogP contribution is 2.35. The quantitative estimate of drug-likeness (QED) is 0.230. The number of nitrogens with one attached hydrogen (secondary N) is 2. The predicted octanol–water partition coefficient (Wildman–Crippen LogP) is 6.21. The number of hydrogen-bond acceptors (Lipinski definition) is 6. The molecule has 0 radical (unpaired) electrons. The minimum absolute atomic E-state index is 0.0857. The van der Waals surface area contributed by atoms with Crippen molar-refractivity contribution in [3.05, 3.63) is 77.1 Å². The first-order chi connectivity index (χ1) is 18.6. The molecule has 1 aliphatic carbocycles. The highest BCUT2D eigenvalue weighted by Gasteiger charge is 2.21. The Kier molecular flexibility index (Phi) is 8.16. The molecule has 0 amide bonds. The number of aromatic amines is 1. The number of rotatable bonds is 11. The molecule has 2 aromatic carbocycles. The van der Waals surface area contributed by atoms with E-state index in [1.807, 2.05) is 60.0 Å². The number of furan rings is 1. The van der Waals surface area contributed by atoms with E-state index in [-0.39, 0.29) is 18.1 Å². The zero-order valence-corrected chi connectivity index (χ0v) is 21.9. The van der Waals surface area contributed by atoms with Gasteiger partial charge in [0.1, 0.15) is 5.76 Å². The molecule has 1 aliphatic rings. The van der Waals surface area contributed by atoms with Crippen molar-refractivity contribution >= 4 is 34.1 Å². The average Bonchev–Trinajstić information content (AvgIpc) is 3.55. The summed E-state index contributed by atoms with van der Waals surface area (Å²) in [6.45, 7) is 3.78. The lowest BCUT2D eigenvalue weighted by Crippen LogP contribution is -2.27. The van der Waals surface area contributed by atoms with Crippen LogP contribution in [0.1, 0.15) is 51.2 Å². The topological polar surface area (TPSA) is 92.5 Å². The Morgan fingerprint density at radius 3 is 2.68 bits per heavy atom. The average molecular weight is 517 g/mol. The summed E-state index contributed by atoms with van der Waals surface area (Å²) in [5, 5.41) is 3.53. The number of aromatic nitrogens is 2. The van der Waals surface area contributed by atoms with Crippen molar-refractivity contribution in [1.29, 1.82) is 0 Å². The summed E-state index contributed by atoms with van der Waals surface area (Å²) < 4.78 is 12.8. The van der Waals surface area contributed by atoms with Crippen LogP contribution in [0.5, 0.6) is 0 Å². The fourth-order valence-corrected chi connectivity index (χ4v) is 5.38. The van der Waals surface area contributed by atoms with Crippen LogP contribution in [0, 0.1) is 5.92 Å². The van der Waals surface area contributed by atoms with Gasteiger partial charge in [0.2, 0.25) is 0 Å². The molecule has 0 bridgehead atoms. The van der Waals surface area contributed by atoms with Gasteiger partial charge >= 0.3 is 11.7 Å². The Morgan fingerprint density at radius 2 is 1.95 bits per heavy atom. The molecule has 0 saturated heterocycles. The van der Waals surface area contributed by atoms with E-state index in [2.05, 4.69) is 21.3 Å². The van der Waals surface area contributed by atoms with Gasteiger partial charge in [-0.2, -0.15) is 0 Å². The highest BCUT2D eigenvalue weighted by atomic mass is 16.5. The Labute approximate surface area is 222 Å². The number of imidazole rings is 1. The van der Waals surface area contributed by atoms with E-state index in [1.54, 1.807) is 6.26 Å². The molecule has 0 spiro atoms. The number of carbonyl (C=O) groups excluding carboxylic acids is 1. The Bertz CT molecular complexity index is 1390. The van der Waals surface area contributed by atoms with Crippen molar-refractivity contribution in [2.24, 2.45) is 5.92 Å². The number of ether oxygens (including phenoxy) is 1. The van der Waals surface area contributed by atoms with Crippen LogP contribution in [-0.2, 0) is 22.6 Å². The lowest BCUT2D eigenvalue weighted by molar-refractivity contribution is -0.142. The molecule has 2 N–H and O–H groups in total. The number of fused-ring (bicyclic) bond motifs is 1. The largest absolute Gasteiger partial charge is 0.467 e. The molecule has 1 fully saturated rings. The Morgan fingerprint density at radius 1 is 1.13 bits per heavy atom. The summed E-state index contributed by atoms with van der Waals surface area (Å²) in [5.74, 6) is 1.05. The van der Waals surface area contributed by atoms with Crippen LogP contribution in [0.3, 0.4) is 0 Å². The molecule has 8 heteroatoms. The van der Waals surface area contributed by atoms with Crippen LogP contribution in [0.4, 0.5) is 17.1 Å². The molecule has 0 aliphatic heterocycles. The molecule has 200 valence electrons. The third-order valence-corrected chi connectivity index (χ3v) is 7.27. The summed E-state index contributed by atoms with van der Waals surface area (Å²) in [6, 6.07) is 17.8. The standard InChI is InChI=1S/C30H36N4O4/c1-2-37-29(35)15-16-33(21-24-14-9-17-38-24)27-19-28-26(18-25(27)31-23-12-7-4-8-13-23)32-30(36)34(28)20-22-10-5-3-6-11-22/h4,7-9,12-14,17-19,22,31H,2-3,5-6,10-11,15-16,20-21H2,1H3,(H,32,36). The van der Waals surface area contributed by atoms with Crippen LogP contribution in [0.15, 0.2) is 70.1 Å². The first-order valence-corrected chi connectivity index (χ1v) is 13.6. The molecule has 4 aromatic rings. The Hall–Kier alpha value is -3.94. The van der Waals surface area contributed by atoms with E-state index >= 15 is 0 Å². The molecule has 0 unspecified atom stereocenters. The van der Waals surface area contributed by atoms with Crippen molar-refractivity contribution in [3.8, 4) is 0 Å². The minimum atomic E-state index is -0.244. The lowest BCUT2D eigenvalue weighted by atomic mass is 9.89. The maximum Gasteiger partial charge on any atom is 0.326 e. The van der Waals surface area contributed by atoms with Gasteiger partial charge in [0.05, 0.1) is 48.2 Å². The second-order valence-corrected chi connectivity index (χ2v) is 9.98. The SMILES string of the molecule is CCOC(=O)CCN(Cc1ccco1)c1cc2c(cc1Nc1ccccc1)[nH]c(=O)n2CC1CCCCC1. The maximum atomic E-state index is 13.1. The fraction of sp³-hybridized carbons (Fsp3) is 0.400. The van der Waals surface area contributed by atoms with E-state index in [9.17, 15) is 9.59 Å². The second kappa shape index (κ2) is 12.1. The number of H-pyrrole nitrogens is 1. The molecular formula is C30H36N4O4. The summed E-state index contributed by atoms with van der Waals surface area (Å²) >= 11 is 0. The third-order valence-electron chi connectivity index (χ3n) is 7.27. The second-order valence-electron chi connectivity index (χ2n) is 9.98. The predicted molar refractivity (Wildman–Crippen MR) is 150 cm³/mol. The molecule has 38 heavy (non-hydrogen) atoms. The van der Waals surface area contributed by atoms with Gasteiger partial charge < -0.3 is 24.4 Å². The molecule has 2 aromatic heterocycles. The van der Waals surface area contributed by atoms with E-state index in [0.29, 0.717) is 32.2 Å². The van der Waals surface area contributed by atoms with Gasteiger partial charge in [-0.25, -0.2) is 4.79 Å². The van der Waals surface area contributed by atoms with Crippen molar-refractivity contribution in [3.63, 3.8) is 0 Å². The molecule has 1 saturated carbocycles. The van der Waals surface area contributed by atoms with Gasteiger partial charge in [-0.05, 0) is 62.1 Å². The van der Waals surface area contributed by atoms with E-state index in [1.165, 1.54) is 19.3 Å². The van der Waals surface area contributed by atoms with E-state index in [0.717, 1.165) is 46.7 Å². The highest BCUT2D eigenvalue weighted by molar-refractivity contribution is 5.90. The van der Waals surface area contributed by atoms with Gasteiger partial charge in [0.25, 0.3) is 0 Å². The van der Waals surface area contributed by atoms with Gasteiger partial charge in [0.15, 0.2) is 0 Å². The van der Waals surface area contributed by atoms with E-state index < -0.39 is 0 Å². The van der Waals surface area contributed by atoms with Crippen LogP contribution in [0.25, 0.3) is 11.0 Å². The third kappa shape index (κ3) is 6.13. The van der Waals surface area contributed by atoms with Crippen LogP contribution >= 0.6 is 0 Å². The van der Waals surface area contributed by atoms with Gasteiger partial charge in [-0.15, -0.1) is 0 Å². The molecule has 8 nitrogen and oxygen atoms in total. The lowest BCUT2D eigenvalue weighted by Gasteiger charge is -2.27. The zero-order chi connectivity index (χ0) is 26.3. The summed E-state index contributed by atoms with van der Waals surface area (Å²) in [5.41, 5.74) is 4.23. The van der Waals surface area contributed by atoms with Crippen molar-refractivity contribution in [1.82, 2.24) is 9.55 Å². The molecule has 0 atom stereocenters. The van der Waals surface area contributed by atoms with E-state index in [4.69, 9.17) is 9.15 Å². The molecular weight excluding hydrogens is 480 g/mol. The Balaban J connectivity index is 1.57. The number of hydrogen-bond donors (Lipinski definition) is 2. The first-order valence-electron chi connectivity index (χ1n) is 13.6. The van der Waals surface area contributed by atoms with Crippen LogP contribution in [-0.4, -0.2) is 28.7 Å². The normalized spacial score (nSPS) is 14.0. The number of benzene rings is 2. The monoisotopic (exact) mass is 516 g/mol.